The third-order valence-electron chi connectivity index (χ3n) is 3.77. The molecule has 1 aromatic rings. The molecule has 21 heavy (non-hydrogen) atoms. The maximum Gasteiger partial charge on any atom is 0.282 e. The molecule has 0 saturated heterocycles. The lowest BCUT2D eigenvalue weighted by atomic mass is 9.86. The van der Waals surface area contributed by atoms with E-state index in [1.807, 2.05) is 0 Å². The molecular weight excluding hydrogens is 286 g/mol. The van der Waals surface area contributed by atoms with Crippen LogP contribution in [-0.4, -0.2) is 19.9 Å². The van der Waals surface area contributed by atoms with Gasteiger partial charge >= 0.3 is 0 Å². The van der Waals surface area contributed by atoms with Gasteiger partial charge in [0.1, 0.15) is 0 Å². The Bertz CT molecular complexity index is 767. The van der Waals surface area contributed by atoms with Gasteiger partial charge in [0.05, 0.1) is 10.6 Å². The lowest BCUT2D eigenvalue weighted by Crippen LogP contribution is -2.20. The van der Waals surface area contributed by atoms with E-state index in [-0.39, 0.29) is 10.7 Å². The third kappa shape index (κ3) is 2.74. The minimum atomic E-state index is -3.78. The second kappa shape index (κ2) is 5.41. The first-order valence-electron chi connectivity index (χ1n) is 6.56. The van der Waals surface area contributed by atoms with Crippen LogP contribution in [0, 0.1) is 0 Å². The van der Waals surface area contributed by atoms with E-state index < -0.39 is 10.0 Å². The molecule has 0 radical (unpaired) electrons. The van der Waals surface area contributed by atoms with Gasteiger partial charge in [-0.3, -0.25) is 4.79 Å². The monoisotopic (exact) mass is 303 g/mol. The lowest BCUT2D eigenvalue weighted by Gasteiger charge is -2.19. The highest BCUT2D eigenvalue weighted by Crippen LogP contribution is 2.26. The lowest BCUT2D eigenvalue weighted by molar-refractivity contribution is -0.112. The van der Waals surface area contributed by atoms with Crippen molar-refractivity contribution in [3.8, 4) is 0 Å². The standard InChI is InChI=1S/C16H17NO3S/c1-10-12(3)16(18)13(4)11(2)15(10)17-21(19,20)14-8-6-5-7-9-14/h5-9H,1-4H3. The molecule has 4 nitrogen and oxygen atoms in total. The number of benzene rings is 1. The number of ketones is 1. The van der Waals surface area contributed by atoms with E-state index in [1.54, 1.807) is 45.9 Å². The molecule has 0 unspecified atom stereocenters. The SMILES string of the molecule is CC1=C(C)C(=NS(=O)(=O)c2ccccc2)C(C)=C(C)C1=O. The van der Waals surface area contributed by atoms with Crippen molar-refractivity contribution in [2.24, 2.45) is 4.40 Å². The molecule has 110 valence electrons. The van der Waals surface area contributed by atoms with Crippen molar-refractivity contribution in [2.75, 3.05) is 0 Å². The summed E-state index contributed by atoms with van der Waals surface area (Å²) in [6.45, 7) is 6.83. The molecule has 0 spiro atoms. The number of sulfonamides is 1. The Morgan fingerprint density at radius 2 is 1.29 bits per heavy atom. The Kier molecular flexibility index (Phi) is 3.96. The van der Waals surface area contributed by atoms with Gasteiger partial charge in [-0.15, -0.1) is 0 Å². The molecule has 5 heteroatoms. The normalized spacial score (nSPS) is 16.6. The van der Waals surface area contributed by atoms with Crippen molar-refractivity contribution >= 4 is 21.5 Å². The third-order valence-corrected chi connectivity index (χ3v) is 5.06. The predicted octanol–water partition coefficient (Wildman–Crippen LogP) is 3.07. The van der Waals surface area contributed by atoms with E-state index >= 15 is 0 Å². The first kappa shape index (κ1) is 15.4. The van der Waals surface area contributed by atoms with Crippen LogP contribution in [0.2, 0.25) is 0 Å². The van der Waals surface area contributed by atoms with Gasteiger partial charge in [-0.25, -0.2) is 0 Å². The van der Waals surface area contributed by atoms with Gasteiger partial charge in [0.15, 0.2) is 5.78 Å². The van der Waals surface area contributed by atoms with E-state index in [4.69, 9.17) is 0 Å². The fourth-order valence-corrected chi connectivity index (χ4v) is 3.28. The summed E-state index contributed by atoms with van der Waals surface area (Å²) in [5, 5.41) is 0. The molecule has 0 aromatic heterocycles. The zero-order chi connectivity index (χ0) is 15.8. The molecule has 0 N–H and O–H groups in total. The topological polar surface area (TPSA) is 63.6 Å². The van der Waals surface area contributed by atoms with Crippen molar-refractivity contribution < 1.29 is 13.2 Å². The molecule has 1 aliphatic rings. The fourth-order valence-electron chi connectivity index (χ4n) is 2.16. The number of carbonyl (C=O) groups is 1. The number of nitrogens with zero attached hydrogens (tertiary/aromatic N) is 1. The summed E-state index contributed by atoms with van der Waals surface area (Å²) in [6.07, 6.45) is 0. The summed E-state index contributed by atoms with van der Waals surface area (Å²) in [4.78, 5) is 12.2. The molecule has 0 fully saturated rings. The molecule has 0 atom stereocenters. The average molecular weight is 303 g/mol. The minimum absolute atomic E-state index is 0.0546. The smallest absolute Gasteiger partial charge is 0.282 e. The van der Waals surface area contributed by atoms with Crippen LogP contribution in [0.4, 0.5) is 0 Å². The number of hydrogen-bond donors (Lipinski definition) is 0. The van der Waals surface area contributed by atoms with Crippen LogP contribution in [0.25, 0.3) is 0 Å². The Labute approximate surface area is 125 Å². The van der Waals surface area contributed by atoms with Crippen LogP contribution >= 0.6 is 0 Å². The summed E-state index contributed by atoms with van der Waals surface area (Å²) in [5.74, 6) is -0.0546. The van der Waals surface area contributed by atoms with Gasteiger partial charge in [-0.1, -0.05) is 18.2 Å². The average Bonchev–Trinajstić information content (AvgIpc) is 2.48. The van der Waals surface area contributed by atoms with Gasteiger partial charge in [-0.05, 0) is 51.0 Å². The van der Waals surface area contributed by atoms with Crippen molar-refractivity contribution in [3.05, 3.63) is 52.6 Å². The van der Waals surface area contributed by atoms with Crippen LogP contribution in [-0.2, 0) is 14.8 Å². The predicted molar refractivity (Wildman–Crippen MR) is 82.8 cm³/mol. The van der Waals surface area contributed by atoms with E-state index in [2.05, 4.69) is 4.40 Å². The minimum Gasteiger partial charge on any atom is -0.289 e. The first-order chi connectivity index (χ1) is 9.75. The molecular formula is C16H17NO3S. The van der Waals surface area contributed by atoms with Gasteiger partial charge in [0.2, 0.25) is 0 Å². The maximum atomic E-state index is 12.4. The Balaban J connectivity index is 2.63. The molecule has 0 aliphatic heterocycles. The van der Waals surface area contributed by atoms with Crippen LogP contribution in [0.3, 0.4) is 0 Å². The summed E-state index contributed by atoms with van der Waals surface area (Å²) in [7, 11) is -3.78. The largest absolute Gasteiger partial charge is 0.289 e. The molecule has 0 amide bonds. The van der Waals surface area contributed by atoms with Gasteiger partial charge < -0.3 is 0 Å². The zero-order valence-electron chi connectivity index (χ0n) is 12.5. The highest BCUT2D eigenvalue weighted by molar-refractivity contribution is 7.90. The molecule has 1 aliphatic carbocycles. The Morgan fingerprint density at radius 1 is 0.810 bits per heavy atom. The molecule has 2 rings (SSSR count). The maximum absolute atomic E-state index is 12.4. The summed E-state index contributed by atoms with van der Waals surface area (Å²) in [5.41, 5.74) is 2.68. The van der Waals surface area contributed by atoms with E-state index in [1.165, 1.54) is 12.1 Å². The van der Waals surface area contributed by atoms with Crippen molar-refractivity contribution in [1.82, 2.24) is 0 Å². The number of Topliss-reactive ketones (excluding diaryl/α,β-unsaturated/α-hetero) is 1. The summed E-state index contributed by atoms with van der Waals surface area (Å²) < 4.78 is 28.7. The Hall–Kier alpha value is -2.01. The van der Waals surface area contributed by atoms with Gasteiger partial charge in [0, 0.05) is 11.1 Å². The Morgan fingerprint density at radius 3 is 1.76 bits per heavy atom. The van der Waals surface area contributed by atoms with Crippen molar-refractivity contribution in [1.29, 1.82) is 0 Å². The second-order valence-electron chi connectivity index (χ2n) is 5.06. The fraction of sp³-hybridized carbons (Fsp3) is 0.250. The highest BCUT2D eigenvalue weighted by Gasteiger charge is 2.26. The number of carbonyl (C=O) groups excluding carboxylic acids is 1. The molecule has 0 saturated carbocycles. The summed E-state index contributed by atoms with van der Waals surface area (Å²) in [6, 6.07) is 8.06. The van der Waals surface area contributed by atoms with Crippen molar-refractivity contribution in [3.63, 3.8) is 0 Å². The van der Waals surface area contributed by atoms with E-state index in [0.717, 1.165) is 0 Å². The van der Waals surface area contributed by atoms with Crippen LogP contribution < -0.4 is 0 Å². The first-order valence-corrected chi connectivity index (χ1v) is 8.00. The van der Waals surface area contributed by atoms with Crippen LogP contribution in [0.15, 0.2) is 61.9 Å². The number of allylic oxidation sites excluding steroid dienone is 4. The number of hydrogen-bond acceptors (Lipinski definition) is 3. The van der Waals surface area contributed by atoms with E-state index in [9.17, 15) is 13.2 Å². The zero-order valence-corrected chi connectivity index (χ0v) is 13.3. The van der Waals surface area contributed by atoms with Crippen LogP contribution in [0.5, 0.6) is 0 Å². The number of rotatable bonds is 2. The molecule has 1 aromatic carbocycles. The van der Waals surface area contributed by atoms with E-state index in [0.29, 0.717) is 28.0 Å². The van der Waals surface area contributed by atoms with Crippen LogP contribution in [0.1, 0.15) is 27.7 Å². The van der Waals surface area contributed by atoms with Gasteiger partial charge in [0.25, 0.3) is 10.0 Å². The highest BCUT2D eigenvalue weighted by atomic mass is 32.2. The van der Waals surface area contributed by atoms with Gasteiger partial charge in [-0.2, -0.15) is 12.8 Å². The second-order valence-corrected chi connectivity index (χ2v) is 6.66. The quantitative estimate of drug-likeness (QED) is 0.789. The molecule has 0 bridgehead atoms. The van der Waals surface area contributed by atoms with Crippen molar-refractivity contribution in [2.45, 2.75) is 32.6 Å². The molecule has 0 heterocycles. The summed E-state index contributed by atoms with van der Waals surface area (Å²) >= 11 is 0.